The molecule has 0 aromatic heterocycles. The Bertz CT molecular complexity index is 775. The van der Waals surface area contributed by atoms with E-state index in [1.54, 1.807) is 17.0 Å². The van der Waals surface area contributed by atoms with Crippen LogP contribution in [0.3, 0.4) is 0 Å². The standard InChI is InChI=1S/C19H19NO3/c1-12-4-13(2)6-15(5-12)9-20-17-8-16(10-21)7-14(3)19(17)23-11-18(20)22/h4-8,10H,9,11H2,1-3H3. The molecule has 118 valence electrons. The summed E-state index contributed by atoms with van der Waals surface area (Å²) in [5, 5.41) is 0. The van der Waals surface area contributed by atoms with Crippen LogP contribution in [0, 0.1) is 20.8 Å². The summed E-state index contributed by atoms with van der Waals surface area (Å²) in [6.07, 6.45) is 0.793. The molecule has 4 nitrogen and oxygen atoms in total. The lowest BCUT2D eigenvalue weighted by Crippen LogP contribution is -2.38. The first-order chi connectivity index (χ1) is 11.0. The summed E-state index contributed by atoms with van der Waals surface area (Å²) in [5.41, 5.74) is 5.48. The predicted octanol–water partition coefficient (Wildman–Crippen LogP) is 3.35. The van der Waals surface area contributed by atoms with Crippen molar-refractivity contribution in [3.05, 3.63) is 58.1 Å². The Morgan fingerprint density at radius 3 is 2.43 bits per heavy atom. The summed E-state index contributed by atoms with van der Waals surface area (Å²) in [6.45, 7) is 6.47. The summed E-state index contributed by atoms with van der Waals surface area (Å²) in [6, 6.07) is 9.75. The fraction of sp³-hybridized carbons (Fsp3) is 0.263. The van der Waals surface area contributed by atoms with Gasteiger partial charge in [0.05, 0.1) is 12.2 Å². The van der Waals surface area contributed by atoms with Crippen molar-refractivity contribution in [3.63, 3.8) is 0 Å². The van der Waals surface area contributed by atoms with Gasteiger partial charge in [-0.15, -0.1) is 0 Å². The normalized spacial score (nSPS) is 13.5. The minimum absolute atomic E-state index is 0.0269. The molecule has 0 aliphatic carbocycles. The minimum atomic E-state index is -0.0980. The van der Waals surface area contributed by atoms with Gasteiger partial charge in [0.25, 0.3) is 5.91 Å². The molecule has 0 spiro atoms. The van der Waals surface area contributed by atoms with Gasteiger partial charge < -0.3 is 9.64 Å². The number of hydrogen-bond donors (Lipinski definition) is 0. The van der Waals surface area contributed by atoms with Crippen LogP contribution in [-0.2, 0) is 11.3 Å². The van der Waals surface area contributed by atoms with Gasteiger partial charge >= 0.3 is 0 Å². The van der Waals surface area contributed by atoms with Crippen LogP contribution >= 0.6 is 0 Å². The third-order valence-electron chi connectivity index (χ3n) is 3.97. The molecule has 0 N–H and O–H groups in total. The molecule has 0 bridgehead atoms. The van der Waals surface area contributed by atoms with Crippen LogP contribution in [0.25, 0.3) is 0 Å². The van der Waals surface area contributed by atoms with E-state index in [4.69, 9.17) is 4.74 Å². The Labute approximate surface area is 135 Å². The number of aldehydes is 1. The van der Waals surface area contributed by atoms with Gasteiger partial charge in [-0.1, -0.05) is 29.3 Å². The van der Waals surface area contributed by atoms with Crippen molar-refractivity contribution in [3.8, 4) is 5.75 Å². The van der Waals surface area contributed by atoms with Crippen molar-refractivity contribution in [2.24, 2.45) is 0 Å². The molecule has 1 heterocycles. The van der Waals surface area contributed by atoms with Crippen molar-refractivity contribution < 1.29 is 14.3 Å². The molecule has 0 unspecified atom stereocenters. The van der Waals surface area contributed by atoms with Crippen molar-refractivity contribution in [1.29, 1.82) is 0 Å². The zero-order valence-corrected chi connectivity index (χ0v) is 13.6. The van der Waals surface area contributed by atoms with Gasteiger partial charge in [0, 0.05) is 5.56 Å². The number of hydrogen-bond acceptors (Lipinski definition) is 3. The van der Waals surface area contributed by atoms with E-state index in [2.05, 4.69) is 18.2 Å². The van der Waals surface area contributed by atoms with Gasteiger partial charge in [0.1, 0.15) is 12.0 Å². The highest BCUT2D eigenvalue weighted by Crippen LogP contribution is 2.37. The van der Waals surface area contributed by atoms with Crippen LogP contribution in [0.2, 0.25) is 0 Å². The van der Waals surface area contributed by atoms with Gasteiger partial charge in [-0.05, 0) is 44.0 Å². The van der Waals surface area contributed by atoms with Crippen LogP contribution in [0.1, 0.15) is 32.6 Å². The maximum Gasteiger partial charge on any atom is 0.265 e. The van der Waals surface area contributed by atoms with E-state index in [1.807, 2.05) is 20.8 Å². The highest BCUT2D eigenvalue weighted by molar-refractivity contribution is 5.99. The van der Waals surface area contributed by atoms with E-state index in [-0.39, 0.29) is 12.5 Å². The topological polar surface area (TPSA) is 46.6 Å². The first-order valence-electron chi connectivity index (χ1n) is 7.58. The molecule has 1 amide bonds. The summed E-state index contributed by atoms with van der Waals surface area (Å²) in [5.74, 6) is 0.582. The molecule has 0 fully saturated rings. The van der Waals surface area contributed by atoms with E-state index in [9.17, 15) is 9.59 Å². The molecule has 2 aromatic carbocycles. The number of fused-ring (bicyclic) bond motifs is 1. The Balaban J connectivity index is 2.04. The average Bonchev–Trinajstić information content (AvgIpc) is 2.49. The van der Waals surface area contributed by atoms with Gasteiger partial charge in [0.2, 0.25) is 0 Å². The number of carbonyl (C=O) groups excluding carboxylic acids is 2. The van der Waals surface area contributed by atoms with Crippen LogP contribution in [0.5, 0.6) is 5.75 Å². The van der Waals surface area contributed by atoms with Gasteiger partial charge in [-0.2, -0.15) is 0 Å². The van der Waals surface area contributed by atoms with E-state index < -0.39 is 0 Å². The van der Waals surface area contributed by atoms with Crippen molar-refractivity contribution in [2.45, 2.75) is 27.3 Å². The number of ether oxygens (including phenoxy) is 1. The van der Waals surface area contributed by atoms with E-state index in [0.717, 1.165) is 17.4 Å². The molecule has 0 saturated heterocycles. The lowest BCUT2D eigenvalue weighted by molar-refractivity contribution is -0.121. The van der Waals surface area contributed by atoms with E-state index in [0.29, 0.717) is 23.5 Å². The summed E-state index contributed by atoms with van der Waals surface area (Å²) < 4.78 is 5.57. The van der Waals surface area contributed by atoms with Gasteiger partial charge in [-0.25, -0.2) is 0 Å². The minimum Gasteiger partial charge on any atom is -0.481 e. The SMILES string of the molecule is Cc1cc(C)cc(CN2C(=O)COc3c(C)cc(C=O)cc32)c1. The molecule has 4 heteroatoms. The zero-order chi connectivity index (χ0) is 16.6. The number of benzene rings is 2. The fourth-order valence-electron chi connectivity index (χ4n) is 3.10. The summed E-state index contributed by atoms with van der Waals surface area (Å²) in [4.78, 5) is 25.2. The molecule has 0 radical (unpaired) electrons. The number of nitrogens with zero attached hydrogens (tertiary/aromatic N) is 1. The highest BCUT2D eigenvalue weighted by Gasteiger charge is 2.27. The quantitative estimate of drug-likeness (QED) is 0.817. The monoisotopic (exact) mass is 309 g/mol. The number of carbonyl (C=O) groups is 2. The van der Waals surface area contributed by atoms with E-state index >= 15 is 0 Å². The first-order valence-corrected chi connectivity index (χ1v) is 7.58. The lowest BCUT2D eigenvalue weighted by atomic mass is 10.0. The van der Waals surface area contributed by atoms with Crippen LogP contribution in [-0.4, -0.2) is 18.8 Å². The Morgan fingerprint density at radius 2 is 1.78 bits per heavy atom. The van der Waals surface area contributed by atoms with Crippen molar-refractivity contribution >= 4 is 17.9 Å². The molecular weight excluding hydrogens is 290 g/mol. The Kier molecular flexibility index (Phi) is 3.90. The molecular formula is C19H19NO3. The number of amides is 1. The average molecular weight is 309 g/mol. The Hall–Kier alpha value is -2.62. The molecule has 0 atom stereocenters. The fourth-order valence-corrected chi connectivity index (χ4v) is 3.10. The van der Waals surface area contributed by atoms with Crippen LogP contribution < -0.4 is 9.64 Å². The summed E-state index contributed by atoms with van der Waals surface area (Å²) >= 11 is 0. The molecule has 1 aliphatic rings. The second-order valence-corrected chi connectivity index (χ2v) is 6.07. The third-order valence-corrected chi connectivity index (χ3v) is 3.97. The van der Waals surface area contributed by atoms with Crippen molar-refractivity contribution in [2.75, 3.05) is 11.5 Å². The largest absolute Gasteiger partial charge is 0.481 e. The number of anilines is 1. The first kappa shape index (κ1) is 15.3. The van der Waals surface area contributed by atoms with Gasteiger partial charge in [-0.3, -0.25) is 9.59 Å². The lowest BCUT2D eigenvalue weighted by Gasteiger charge is -2.31. The molecule has 2 aromatic rings. The second kappa shape index (κ2) is 5.88. The Morgan fingerprint density at radius 1 is 1.09 bits per heavy atom. The maximum absolute atomic E-state index is 12.4. The summed E-state index contributed by atoms with van der Waals surface area (Å²) in [7, 11) is 0. The van der Waals surface area contributed by atoms with E-state index in [1.165, 1.54) is 11.1 Å². The second-order valence-electron chi connectivity index (χ2n) is 6.07. The molecule has 3 rings (SSSR count). The van der Waals surface area contributed by atoms with Gasteiger partial charge in [0.15, 0.2) is 6.61 Å². The molecule has 1 aliphatic heterocycles. The smallest absolute Gasteiger partial charge is 0.265 e. The highest BCUT2D eigenvalue weighted by atomic mass is 16.5. The zero-order valence-electron chi connectivity index (χ0n) is 13.6. The predicted molar refractivity (Wildman–Crippen MR) is 89.2 cm³/mol. The number of rotatable bonds is 3. The molecule has 0 saturated carbocycles. The number of aryl methyl sites for hydroxylation is 3. The van der Waals surface area contributed by atoms with Crippen LogP contribution in [0.15, 0.2) is 30.3 Å². The third kappa shape index (κ3) is 2.97. The maximum atomic E-state index is 12.4. The van der Waals surface area contributed by atoms with Crippen LogP contribution in [0.4, 0.5) is 5.69 Å². The molecule has 23 heavy (non-hydrogen) atoms. The van der Waals surface area contributed by atoms with Crippen molar-refractivity contribution in [1.82, 2.24) is 0 Å².